The van der Waals surface area contributed by atoms with Crippen LogP contribution in [-0.4, -0.2) is 45.6 Å². The molecule has 4 rings (SSSR count). The molecule has 1 saturated heterocycles. The standard InChI is InChI=1S/C21H21F3N4O2/c1-13-9-18(21(22,23)24)28-19(25-13)11-16(26-28)15-7-8-27(12-15)20(29)10-14-5-3-4-6-17(14)30-2/h3-6,9,11,15H,7-8,10,12H2,1-2H3/t15-/m1/s1. The molecule has 2 aromatic heterocycles. The van der Waals surface area contributed by atoms with Crippen LogP contribution in [0.3, 0.4) is 0 Å². The van der Waals surface area contributed by atoms with Gasteiger partial charge in [-0.2, -0.15) is 18.3 Å². The highest BCUT2D eigenvalue weighted by molar-refractivity contribution is 5.80. The number of rotatable bonds is 4. The molecule has 0 radical (unpaired) electrons. The zero-order chi connectivity index (χ0) is 21.5. The molecule has 0 N–H and O–H groups in total. The number of aryl methyl sites for hydroxylation is 1. The molecule has 1 aromatic carbocycles. The molecule has 1 aliphatic heterocycles. The topological polar surface area (TPSA) is 59.7 Å². The summed E-state index contributed by atoms with van der Waals surface area (Å²) in [4.78, 5) is 18.6. The Bertz CT molecular complexity index is 1090. The average Bonchev–Trinajstić information content (AvgIpc) is 3.34. The minimum absolute atomic E-state index is 0.0456. The molecular formula is C21H21F3N4O2. The molecule has 1 atom stereocenters. The second-order valence-corrected chi connectivity index (χ2v) is 7.43. The summed E-state index contributed by atoms with van der Waals surface area (Å²) in [5.74, 6) is 0.480. The van der Waals surface area contributed by atoms with Gasteiger partial charge in [-0.25, -0.2) is 9.50 Å². The number of methoxy groups -OCH3 is 1. The van der Waals surface area contributed by atoms with Crippen molar-refractivity contribution in [3.8, 4) is 5.75 Å². The molecule has 1 aliphatic rings. The summed E-state index contributed by atoms with van der Waals surface area (Å²) < 4.78 is 46.3. The number of alkyl halides is 3. The summed E-state index contributed by atoms with van der Waals surface area (Å²) in [7, 11) is 1.56. The molecule has 0 aliphatic carbocycles. The first-order valence-electron chi connectivity index (χ1n) is 9.60. The number of benzene rings is 1. The minimum atomic E-state index is -4.53. The molecule has 9 heteroatoms. The van der Waals surface area contributed by atoms with Crippen LogP contribution < -0.4 is 4.74 Å². The fraction of sp³-hybridized carbons (Fsp3) is 0.381. The summed E-state index contributed by atoms with van der Waals surface area (Å²) in [6.45, 7) is 2.47. The number of nitrogens with zero attached hydrogens (tertiary/aromatic N) is 4. The predicted molar refractivity (Wildman–Crippen MR) is 103 cm³/mol. The van der Waals surface area contributed by atoms with Gasteiger partial charge in [-0.3, -0.25) is 4.79 Å². The largest absolute Gasteiger partial charge is 0.496 e. The van der Waals surface area contributed by atoms with Crippen LogP contribution in [0, 0.1) is 6.92 Å². The van der Waals surface area contributed by atoms with Crippen molar-refractivity contribution in [3.05, 3.63) is 59.0 Å². The highest BCUT2D eigenvalue weighted by Crippen LogP contribution is 2.32. The molecule has 0 spiro atoms. The van der Waals surface area contributed by atoms with E-state index >= 15 is 0 Å². The lowest BCUT2D eigenvalue weighted by Crippen LogP contribution is -2.30. The van der Waals surface area contributed by atoms with Gasteiger partial charge in [0.05, 0.1) is 19.2 Å². The number of likely N-dealkylation sites (tertiary alicyclic amines) is 1. The molecule has 0 bridgehead atoms. The van der Waals surface area contributed by atoms with E-state index in [9.17, 15) is 18.0 Å². The van der Waals surface area contributed by atoms with Crippen molar-refractivity contribution in [2.24, 2.45) is 0 Å². The first kappa shape index (κ1) is 20.2. The molecule has 3 aromatic rings. The van der Waals surface area contributed by atoms with Gasteiger partial charge in [0.1, 0.15) is 11.4 Å². The van der Waals surface area contributed by atoms with Crippen molar-refractivity contribution in [1.82, 2.24) is 19.5 Å². The first-order valence-corrected chi connectivity index (χ1v) is 9.60. The van der Waals surface area contributed by atoms with Gasteiger partial charge in [-0.1, -0.05) is 18.2 Å². The molecule has 6 nitrogen and oxygen atoms in total. The summed E-state index contributed by atoms with van der Waals surface area (Å²) in [5, 5.41) is 4.18. The normalized spacial score (nSPS) is 17.0. The van der Waals surface area contributed by atoms with Crippen molar-refractivity contribution in [3.63, 3.8) is 0 Å². The molecular weight excluding hydrogens is 397 g/mol. The third-order valence-electron chi connectivity index (χ3n) is 5.36. The fourth-order valence-electron chi connectivity index (χ4n) is 3.87. The number of hydrogen-bond acceptors (Lipinski definition) is 4. The van der Waals surface area contributed by atoms with Gasteiger partial charge >= 0.3 is 6.18 Å². The Morgan fingerprint density at radius 1 is 1.27 bits per heavy atom. The second-order valence-electron chi connectivity index (χ2n) is 7.43. The Morgan fingerprint density at radius 3 is 2.77 bits per heavy atom. The fourth-order valence-corrected chi connectivity index (χ4v) is 3.87. The van der Waals surface area contributed by atoms with Crippen molar-refractivity contribution < 1.29 is 22.7 Å². The number of carbonyl (C=O) groups is 1. The zero-order valence-corrected chi connectivity index (χ0v) is 16.6. The second kappa shape index (κ2) is 7.62. The van der Waals surface area contributed by atoms with Crippen LogP contribution in [0.25, 0.3) is 5.65 Å². The van der Waals surface area contributed by atoms with E-state index in [1.54, 1.807) is 24.1 Å². The first-order chi connectivity index (χ1) is 14.3. The monoisotopic (exact) mass is 418 g/mol. The van der Waals surface area contributed by atoms with Gasteiger partial charge in [0.2, 0.25) is 5.91 Å². The van der Waals surface area contributed by atoms with Crippen LogP contribution in [0.15, 0.2) is 36.4 Å². The maximum atomic E-state index is 13.4. The smallest absolute Gasteiger partial charge is 0.433 e. The molecule has 0 unspecified atom stereocenters. The number of halogens is 3. The molecule has 158 valence electrons. The Hall–Kier alpha value is -3.10. The average molecular weight is 418 g/mol. The lowest BCUT2D eigenvalue weighted by atomic mass is 10.1. The predicted octanol–water partition coefficient (Wildman–Crippen LogP) is 3.62. The van der Waals surface area contributed by atoms with E-state index in [1.165, 1.54) is 6.92 Å². The Labute approximate surface area is 171 Å². The maximum absolute atomic E-state index is 13.4. The molecule has 0 saturated carbocycles. The van der Waals surface area contributed by atoms with Crippen molar-refractivity contribution in [1.29, 1.82) is 0 Å². The summed E-state index contributed by atoms with van der Waals surface area (Å²) >= 11 is 0. The number of para-hydroxylation sites is 1. The van der Waals surface area contributed by atoms with Gasteiger partial charge < -0.3 is 9.64 Å². The van der Waals surface area contributed by atoms with E-state index in [0.717, 1.165) is 16.1 Å². The van der Waals surface area contributed by atoms with Crippen LogP contribution in [-0.2, 0) is 17.4 Å². The third-order valence-corrected chi connectivity index (χ3v) is 5.36. The van der Waals surface area contributed by atoms with E-state index < -0.39 is 11.9 Å². The van der Waals surface area contributed by atoms with Gasteiger partial charge in [0.15, 0.2) is 5.65 Å². The van der Waals surface area contributed by atoms with Crippen LogP contribution in [0.4, 0.5) is 13.2 Å². The zero-order valence-electron chi connectivity index (χ0n) is 16.6. The lowest BCUT2D eigenvalue weighted by Gasteiger charge is -2.17. The molecule has 30 heavy (non-hydrogen) atoms. The highest BCUT2D eigenvalue weighted by Gasteiger charge is 2.36. The van der Waals surface area contributed by atoms with Crippen molar-refractivity contribution in [2.45, 2.75) is 31.9 Å². The highest BCUT2D eigenvalue weighted by atomic mass is 19.4. The van der Waals surface area contributed by atoms with Crippen LogP contribution in [0.5, 0.6) is 5.75 Å². The van der Waals surface area contributed by atoms with E-state index in [4.69, 9.17) is 4.74 Å². The molecule has 3 heterocycles. The number of fused-ring (bicyclic) bond motifs is 1. The number of ether oxygens (including phenoxy) is 1. The summed E-state index contributed by atoms with van der Waals surface area (Å²) in [6.07, 6.45) is -3.68. The van der Waals surface area contributed by atoms with Crippen LogP contribution in [0.2, 0.25) is 0 Å². The van der Waals surface area contributed by atoms with Crippen LogP contribution >= 0.6 is 0 Å². The van der Waals surface area contributed by atoms with Crippen molar-refractivity contribution >= 4 is 11.6 Å². The van der Waals surface area contributed by atoms with Crippen molar-refractivity contribution in [2.75, 3.05) is 20.2 Å². The van der Waals surface area contributed by atoms with E-state index in [1.807, 2.05) is 18.2 Å². The SMILES string of the molecule is COc1ccccc1CC(=O)N1CC[C@@H](c2cc3nc(C)cc(C(F)(F)F)n3n2)C1. The van der Waals surface area contributed by atoms with Gasteiger partial charge in [0, 0.05) is 36.3 Å². The van der Waals surface area contributed by atoms with Crippen LogP contribution in [0.1, 0.15) is 35.0 Å². The van der Waals surface area contributed by atoms with Gasteiger partial charge in [-0.05, 0) is 25.5 Å². The summed E-state index contributed by atoms with van der Waals surface area (Å²) in [6, 6.07) is 9.91. The number of amides is 1. The Kier molecular flexibility index (Phi) is 5.13. The minimum Gasteiger partial charge on any atom is -0.496 e. The number of hydrogen-bond donors (Lipinski definition) is 0. The van der Waals surface area contributed by atoms with Gasteiger partial charge in [-0.15, -0.1) is 0 Å². The quantitative estimate of drug-likeness (QED) is 0.649. The Morgan fingerprint density at radius 2 is 2.03 bits per heavy atom. The maximum Gasteiger partial charge on any atom is 0.433 e. The number of aromatic nitrogens is 3. The third kappa shape index (κ3) is 3.83. The Balaban J connectivity index is 1.53. The van der Waals surface area contributed by atoms with Gasteiger partial charge in [0.25, 0.3) is 0 Å². The van der Waals surface area contributed by atoms with E-state index in [2.05, 4.69) is 10.1 Å². The van der Waals surface area contributed by atoms with E-state index in [-0.39, 0.29) is 29.6 Å². The number of carbonyl (C=O) groups excluding carboxylic acids is 1. The summed E-state index contributed by atoms with van der Waals surface area (Å²) in [5.41, 5.74) is 0.914. The molecule has 1 fully saturated rings. The lowest BCUT2D eigenvalue weighted by molar-refractivity contribution is -0.142. The molecule has 1 amide bonds. The van der Waals surface area contributed by atoms with E-state index in [0.29, 0.717) is 31.0 Å².